The summed E-state index contributed by atoms with van der Waals surface area (Å²) in [7, 11) is 1.48. The molecule has 1 atom stereocenters. The zero-order valence-corrected chi connectivity index (χ0v) is 18.0. The van der Waals surface area contributed by atoms with E-state index in [-0.39, 0.29) is 17.1 Å². The van der Waals surface area contributed by atoms with Crippen LogP contribution in [0.4, 0.5) is 0 Å². The monoisotopic (exact) mass is 423 g/mol. The van der Waals surface area contributed by atoms with Gasteiger partial charge in [-0.15, -0.1) is 0 Å². The van der Waals surface area contributed by atoms with Crippen molar-refractivity contribution < 1.29 is 19.1 Å². The van der Waals surface area contributed by atoms with E-state index in [1.807, 2.05) is 30.3 Å². The van der Waals surface area contributed by atoms with E-state index in [0.717, 1.165) is 42.7 Å². The fraction of sp³-hybridized carbons (Fsp3) is 0.542. The Morgan fingerprint density at radius 2 is 1.71 bits per heavy atom. The number of benzene rings is 1. The van der Waals surface area contributed by atoms with E-state index in [0.29, 0.717) is 5.75 Å². The van der Waals surface area contributed by atoms with Gasteiger partial charge in [0.15, 0.2) is 11.9 Å². The van der Waals surface area contributed by atoms with Gasteiger partial charge >= 0.3 is 5.97 Å². The molecule has 1 N–H and O–H groups in total. The van der Waals surface area contributed by atoms with Crippen LogP contribution in [0.15, 0.2) is 36.5 Å². The molecule has 4 bridgehead atoms. The molecule has 0 spiro atoms. The molecule has 0 aliphatic heterocycles. The Hall–Kier alpha value is -2.83. The van der Waals surface area contributed by atoms with Crippen LogP contribution in [-0.2, 0) is 9.53 Å². The van der Waals surface area contributed by atoms with Crippen molar-refractivity contribution in [3.8, 4) is 11.4 Å². The van der Waals surface area contributed by atoms with E-state index in [4.69, 9.17) is 9.47 Å². The van der Waals surface area contributed by atoms with Gasteiger partial charge in [0, 0.05) is 5.54 Å². The number of aromatic nitrogens is 2. The van der Waals surface area contributed by atoms with Gasteiger partial charge in [-0.25, -0.2) is 9.48 Å². The van der Waals surface area contributed by atoms with Gasteiger partial charge in [0.1, 0.15) is 0 Å². The number of nitrogens with zero attached hydrogens (tertiary/aromatic N) is 2. The number of methoxy groups -OCH3 is 1. The fourth-order valence-corrected chi connectivity index (χ4v) is 6.26. The zero-order valence-electron chi connectivity index (χ0n) is 18.0. The van der Waals surface area contributed by atoms with E-state index in [2.05, 4.69) is 10.4 Å². The minimum atomic E-state index is -0.896. The van der Waals surface area contributed by atoms with Crippen molar-refractivity contribution in [3.63, 3.8) is 0 Å². The van der Waals surface area contributed by atoms with E-state index in [1.54, 1.807) is 17.8 Å². The van der Waals surface area contributed by atoms with Crippen LogP contribution in [0.1, 0.15) is 55.9 Å². The maximum Gasteiger partial charge on any atom is 0.363 e. The Bertz CT molecular complexity index is 949. The number of nitrogens with one attached hydrogen (secondary N) is 1. The molecule has 6 rings (SSSR count). The lowest BCUT2D eigenvalue weighted by atomic mass is 9.53. The third-order valence-electron chi connectivity index (χ3n) is 7.19. The SMILES string of the molecule is COc1cn(-c2ccccc2)nc1C(=O)O[C@@H](C)C(=O)NC12CC3CC(CC(C3)C1)C2. The molecule has 4 saturated carbocycles. The highest BCUT2D eigenvalue weighted by Crippen LogP contribution is 2.55. The lowest BCUT2D eigenvalue weighted by molar-refractivity contribution is -0.134. The molecule has 4 fully saturated rings. The van der Waals surface area contributed by atoms with Crippen LogP contribution in [0.25, 0.3) is 5.69 Å². The zero-order chi connectivity index (χ0) is 21.6. The van der Waals surface area contributed by atoms with Crippen LogP contribution in [-0.4, -0.2) is 40.4 Å². The molecule has 7 nitrogen and oxygen atoms in total. The molecule has 164 valence electrons. The van der Waals surface area contributed by atoms with Crippen LogP contribution in [0.5, 0.6) is 5.75 Å². The molecule has 2 aromatic rings. The van der Waals surface area contributed by atoms with Gasteiger partial charge < -0.3 is 14.8 Å². The van der Waals surface area contributed by atoms with Crippen molar-refractivity contribution in [1.82, 2.24) is 15.1 Å². The predicted molar refractivity (Wildman–Crippen MR) is 114 cm³/mol. The molecule has 1 aromatic heterocycles. The summed E-state index contributed by atoms with van der Waals surface area (Å²) in [5.41, 5.74) is 0.743. The lowest BCUT2D eigenvalue weighted by Gasteiger charge is -2.57. The maximum atomic E-state index is 12.9. The van der Waals surface area contributed by atoms with Gasteiger partial charge in [0.05, 0.1) is 19.0 Å². The molecule has 31 heavy (non-hydrogen) atoms. The molecule has 0 saturated heterocycles. The van der Waals surface area contributed by atoms with Crippen molar-refractivity contribution >= 4 is 11.9 Å². The normalized spacial score (nSPS) is 29.4. The van der Waals surface area contributed by atoms with Gasteiger partial charge in [0.25, 0.3) is 5.91 Å². The van der Waals surface area contributed by atoms with E-state index in [9.17, 15) is 9.59 Å². The van der Waals surface area contributed by atoms with Crippen LogP contribution >= 0.6 is 0 Å². The van der Waals surface area contributed by atoms with Crippen molar-refractivity contribution in [1.29, 1.82) is 0 Å². The first-order valence-corrected chi connectivity index (χ1v) is 11.2. The number of ether oxygens (including phenoxy) is 2. The second-order valence-corrected chi connectivity index (χ2v) is 9.56. The Morgan fingerprint density at radius 1 is 1.10 bits per heavy atom. The molecule has 1 aromatic carbocycles. The summed E-state index contributed by atoms with van der Waals surface area (Å²) in [6.07, 6.45) is 7.83. The van der Waals surface area contributed by atoms with Crippen molar-refractivity contribution in [2.24, 2.45) is 17.8 Å². The topological polar surface area (TPSA) is 82.5 Å². The Labute approximate surface area is 182 Å². The highest BCUT2D eigenvalue weighted by Gasteiger charge is 2.51. The molecule has 4 aliphatic rings. The second kappa shape index (κ2) is 7.70. The average molecular weight is 424 g/mol. The molecule has 1 amide bonds. The number of esters is 1. The fourth-order valence-electron chi connectivity index (χ4n) is 6.26. The summed E-state index contributed by atoms with van der Waals surface area (Å²) in [6, 6.07) is 9.44. The highest BCUT2D eigenvalue weighted by molar-refractivity contribution is 5.93. The standard InChI is InChI=1S/C24H29N3O4/c1-15(22(28)25-24-11-16-8-17(12-24)10-18(9-16)13-24)31-23(29)21-20(30-2)14-27(26-21)19-6-4-3-5-7-19/h3-7,14-18H,8-13H2,1-2H3,(H,25,28)/t15-,16?,17?,18?,24?/m0/s1. The molecular weight excluding hydrogens is 394 g/mol. The van der Waals surface area contributed by atoms with Gasteiger partial charge in [-0.1, -0.05) is 18.2 Å². The van der Waals surface area contributed by atoms with Crippen molar-refractivity contribution in [2.75, 3.05) is 7.11 Å². The van der Waals surface area contributed by atoms with E-state index >= 15 is 0 Å². The molecule has 0 radical (unpaired) electrons. The van der Waals surface area contributed by atoms with Gasteiger partial charge in [-0.3, -0.25) is 4.79 Å². The summed E-state index contributed by atoms with van der Waals surface area (Å²) >= 11 is 0. The minimum absolute atomic E-state index is 0.0563. The number of carbonyl (C=O) groups is 2. The van der Waals surface area contributed by atoms with E-state index < -0.39 is 12.1 Å². The molecular formula is C24H29N3O4. The number of hydrogen-bond donors (Lipinski definition) is 1. The number of para-hydroxylation sites is 1. The first-order valence-electron chi connectivity index (χ1n) is 11.2. The molecule has 7 heteroatoms. The number of amides is 1. The third-order valence-corrected chi connectivity index (χ3v) is 7.19. The maximum absolute atomic E-state index is 12.9. The van der Waals surface area contributed by atoms with Crippen molar-refractivity contribution in [3.05, 3.63) is 42.2 Å². The average Bonchev–Trinajstić information content (AvgIpc) is 3.18. The van der Waals surface area contributed by atoms with Crippen LogP contribution in [0.3, 0.4) is 0 Å². The summed E-state index contributed by atoms with van der Waals surface area (Å²) in [6.45, 7) is 1.62. The highest BCUT2D eigenvalue weighted by atomic mass is 16.6. The molecule has 4 aliphatic carbocycles. The molecule has 0 unspecified atom stereocenters. The predicted octanol–water partition coefficient (Wildman–Crippen LogP) is 3.51. The number of rotatable bonds is 6. The summed E-state index contributed by atoms with van der Waals surface area (Å²) in [4.78, 5) is 25.7. The Kier molecular flexibility index (Phi) is 4.99. The van der Waals surface area contributed by atoms with Gasteiger partial charge in [-0.05, 0) is 75.3 Å². The summed E-state index contributed by atoms with van der Waals surface area (Å²) in [5, 5.41) is 7.60. The van der Waals surface area contributed by atoms with E-state index in [1.165, 1.54) is 26.4 Å². The first-order chi connectivity index (χ1) is 14.9. The summed E-state index contributed by atoms with van der Waals surface area (Å²) in [5.74, 6) is 1.61. The minimum Gasteiger partial charge on any atom is -0.493 e. The number of carbonyl (C=O) groups excluding carboxylic acids is 2. The third kappa shape index (κ3) is 3.82. The van der Waals surface area contributed by atoms with Crippen LogP contribution in [0.2, 0.25) is 0 Å². The Balaban J connectivity index is 1.26. The van der Waals surface area contributed by atoms with Crippen LogP contribution < -0.4 is 10.1 Å². The quantitative estimate of drug-likeness (QED) is 0.719. The largest absolute Gasteiger partial charge is 0.493 e. The lowest BCUT2D eigenvalue weighted by Crippen LogP contribution is -2.61. The smallest absolute Gasteiger partial charge is 0.363 e. The molecule has 1 heterocycles. The second-order valence-electron chi connectivity index (χ2n) is 9.56. The Morgan fingerprint density at radius 3 is 2.29 bits per heavy atom. The van der Waals surface area contributed by atoms with Crippen LogP contribution in [0, 0.1) is 17.8 Å². The van der Waals surface area contributed by atoms with Gasteiger partial charge in [-0.2, -0.15) is 5.10 Å². The number of hydrogen-bond acceptors (Lipinski definition) is 5. The van der Waals surface area contributed by atoms with Crippen molar-refractivity contribution in [2.45, 2.75) is 57.1 Å². The summed E-state index contributed by atoms with van der Waals surface area (Å²) < 4.78 is 12.4. The van der Waals surface area contributed by atoms with Gasteiger partial charge in [0.2, 0.25) is 5.69 Å². The first kappa shape index (κ1) is 20.1.